The van der Waals surface area contributed by atoms with Gasteiger partial charge in [-0.1, -0.05) is 26.2 Å². The Hall–Kier alpha value is -1.39. The van der Waals surface area contributed by atoms with Gasteiger partial charge in [-0.15, -0.1) is 0 Å². The second-order valence-corrected chi connectivity index (χ2v) is 5.90. The van der Waals surface area contributed by atoms with Gasteiger partial charge in [0, 0.05) is 19.2 Å². The predicted octanol–water partition coefficient (Wildman–Crippen LogP) is 4.17. The predicted molar refractivity (Wildman–Crippen MR) is 78.0 cm³/mol. The number of pyridine rings is 1. The highest BCUT2D eigenvalue weighted by Gasteiger charge is 2.27. The van der Waals surface area contributed by atoms with E-state index in [4.69, 9.17) is 0 Å². The fraction of sp³-hybridized carbons (Fsp3) is 0.667. The first-order chi connectivity index (χ1) is 9.54. The molecule has 0 saturated heterocycles. The fourth-order valence-corrected chi connectivity index (χ4v) is 2.76. The second kappa shape index (κ2) is 6.37. The van der Waals surface area contributed by atoms with Crippen LogP contribution in [0.25, 0.3) is 0 Å². The van der Waals surface area contributed by atoms with Crippen LogP contribution in [0.1, 0.15) is 46.0 Å². The Labute approximate surface area is 119 Å². The molecule has 2 rings (SSSR count). The van der Waals surface area contributed by atoms with Gasteiger partial charge in [0.1, 0.15) is 0 Å². The summed E-state index contributed by atoms with van der Waals surface area (Å²) in [6.07, 6.45) is 6.01. The maximum absolute atomic E-state index is 13.8. The van der Waals surface area contributed by atoms with Crippen molar-refractivity contribution in [3.8, 4) is 0 Å². The van der Waals surface area contributed by atoms with Crippen LogP contribution in [0.4, 0.5) is 20.4 Å². The van der Waals surface area contributed by atoms with E-state index in [1.807, 2.05) is 6.92 Å². The number of aromatic nitrogens is 1. The lowest BCUT2D eigenvalue weighted by atomic mass is 9.76. The third-order valence-electron chi connectivity index (χ3n) is 4.02. The number of hydrogen-bond donors (Lipinski definition) is 2. The second-order valence-electron chi connectivity index (χ2n) is 5.90. The monoisotopic (exact) mass is 283 g/mol. The Morgan fingerprint density at radius 1 is 1.10 bits per heavy atom. The minimum absolute atomic E-state index is 0.102. The van der Waals surface area contributed by atoms with Gasteiger partial charge in [-0.25, -0.2) is 13.8 Å². The number of rotatable bonds is 5. The van der Waals surface area contributed by atoms with Crippen molar-refractivity contribution in [2.24, 2.45) is 5.41 Å². The first-order valence-electron chi connectivity index (χ1n) is 7.38. The molecule has 2 N–H and O–H groups in total. The highest BCUT2D eigenvalue weighted by Crippen LogP contribution is 2.36. The van der Waals surface area contributed by atoms with Gasteiger partial charge in [0.2, 0.25) is 0 Å². The van der Waals surface area contributed by atoms with Crippen LogP contribution in [0, 0.1) is 17.0 Å². The molecule has 0 radical (unpaired) electrons. The van der Waals surface area contributed by atoms with Crippen LogP contribution in [-0.4, -0.2) is 18.1 Å². The van der Waals surface area contributed by atoms with Crippen LogP contribution in [0.3, 0.4) is 0 Å². The van der Waals surface area contributed by atoms with E-state index in [9.17, 15) is 8.78 Å². The van der Waals surface area contributed by atoms with Crippen LogP contribution >= 0.6 is 0 Å². The fourth-order valence-electron chi connectivity index (χ4n) is 2.76. The Kier molecular flexibility index (Phi) is 4.78. The summed E-state index contributed by atoms with van der Waals surface area (Å²) in [5.41, 5.74) is 0.180. The molecule has 1 heterocycles. The summed E-state index contributed by atoms with van der Waals surface area (Å²) in [7, 11) is 0. The molecule has 1 aromatic heterocycles. The maximum Gasteiger partial charge on any atom is 0.168 e. The lowest BCUT2D eigenvalue weighted by molar-refractivity contribution is 0.233. The molecular formula is C15H23F2N3. The van der Waals surface area contributed by atoms with Crippen molar-refractivity contribution in [1.29, 1.82) is 0 Å². The number of halogens is 2. The van der Waals surface area contributed by atoms with Crippen molar-refractivity contribution in [2.45, 2.75) is 46.0 Å². The Balaban J connectivity index is 2.06. The molecule has 1 aliphatic rings. The third-order valence-corrected chi connectivity index (χ3v) is 4.02. The van der Waals surface area contributed by atoms with E-state index in [-0.39, 0.29) is 17.1 Å². The zero-order valence-electron chi connectivity index (χ0n) is 12.2. The van der Waals surface area contributed by atoms with Crippen LogP contribution in [0.5, 0.6) is 0 Å². The summed E-state index contributed by atoms with van der Waals surface area (Å²) < 4.78 is 27.3. The highest BCUT2D eigenvalue weighted by molar-refractivity contribution is 5.47. The molecule has 0 aliphatic heterocycles. The molecule has 3 nitrogen and oxygen atoms in total. The van der Waals surface area contributed by atoms with E-state index >= 15 is 0 Å². The molecule has 0 unspecified atom stereocenters. The minimum atomic E-state index is -0.654. The molecule has 0 bridgehead atoms. The maximum atomic E-state index is 13.8. The molecule has 0 atom stereocenters. The van der Waals surface area contributed by atoms with Crippen LogP contribution < -0.4 is 10.6 Å². The molecule has 0 aromatic carbocycles. The zero-order valence-corrected chi connectivity index (χ0v) is 12.2. The summed E-state index contributed by atoms with van der Waals surface area (Å²) in [5, 5.41) is 5.85. The van der Waals surface area contributed by atoms with E-state index in [0.717, 1.165) is 18.9 Å². The third kappa shape index (κ3) is 3.58. The Morgan fingerprint density at radius 3 is 2.30 bits per heavy atom. The molecule has 1 aliphatic carbocycles. The smallest absolute Gasteiger partial charge is 0.168 e. The molecule has 1 saturated carbocycles. The number of anilines is 2. The van der Waals surface area contributed by atoms with E-state index in [2.05, 4.69) is 22.5 Å². The van der Waals surface area contributed by atoms with Gasteiger partial charge in [0.05, 0.1) is 0 Å². The van der Waals surface area contributed by atoms with Crippen LogP contribution in [-0.2, 0) is 0 Å². The van der Waals surface area contributed by atoms with E-state index in [1.54, 1.807) is 0 Å². The van der Waals surface area contributed by atoms with E-state index in [1.165, 1.54) is 19.3 Å². The number of nitrogens with zero attached hydrogens (tertiary/aromatic N) is 1. The van der Waals surface area contributed by atoms with Crippen molar-refractivity contribution in [3.05, 3.63) is 17.7 Å². The summed E-state index contributed by atoms with van der Waals surface area (Å²) in [4.78, 5) is 4.00. The SMILES string of the molecule is CCNc1nc(NCC2(C)CCCCC2)c(F)cc1F. The van der Waals surface area contributed by atoms with Crippen molar-refractivity contribution in [1.82, 2.24) is 4.98 Å². The molecule has 20 heavy (non-hydrogen) atoms. The zero-order chi connectivity index (χ0) is 14.6. The lowest BCUT2D eigenvalue weighted by Gasteiger charge is -2.33. The van der Waals surface area contributed by atoms with Gasteiger partial charge < -0.3 is 10.6 Å². The molecule has 0 spiro atoms. The van der Waals surface area contributed by atoms with Gasteiger partial charge in [0.15, 0.2) is 23.3 Å². The Morgan fingerprint density at radius 2 is 1.70 bits per heavy atom. The summed E-state index contributed by atoms with van der Waals surface area (Å²) in [6.45, 7) is 5.28. The van der Waals surface area contributed by atoms with Crippen molar-refractivity contribution >= 4 is 11.6 Å². The molecule has 112 valence electrons. The highest BCUT2D eigenvalue weighted by atomic mass is 19.1. The number of nitrogens with one attached hydrogen (secondary N) is 2. The van der Waals surface area contributed by atoms with Gasteiger partial charge >= 0.3 is 0 Å². The van der Waals surface area contributed by atoms with Gasteiger partial charge in [0.25, 0.3) is 0 Å². The van der Waals surface area contributed by atoms with E-state index < -0.39 is 11.6 Å². The average Bonchev–Trinajstić information content (AvgIpc) is 2.41. The summed E-state index contributed by atoms with van der Waals surface area (Å²) in [5.74, 6) is -1.05. The van der Waals surface area contributed by atoms with Crippen molar-refractivity contribution in [3.63, 3.8) is 0 Å². The average molecular weight is 283 g/mol. The summed E-state index contributed by atoms with van der Waals surface area (Å²) in [6, 6.07) is 0.885. The molecule has 1 fully saturated rings. The first kappa shape index (κ1) is 15.0. The Bertz CT molecular complexity index is 457. The first-order valence-corrected chi connectivity index (χ1v) is 7.38. The minimum Gasteiger partial charge on any atom is -0.368 e. The lowest BCUT2D eigenvalue weighted by Crippen LogP contribution is -2.29. The largest absolute Gasteiger partial charge is 0.368 e. The standard InChI is InChI=1S/C15H23F2N3/c1-3-18-13-11(16)9-12(17)14(20-13)19-10-15(2)7-5-4-6-8-15/h9H,3-8,10H2,1-2H3,(H2,18,19,20). The molecular weight excluding hydrogens is 260 g/mol. The van der Waals surface area contributed by atoms with Crippen LogP contribution in [0.15, 0.2) is 6.07 Å². The van der Waals surface area contributed by atoms with Crippen LogP contribution in [0.2, 0.25) is 0 Å². The van der Waals surface area contributed by atoms with Gasteiger partial charge in [-0.3, -0.25) is 0 Å². The molecule has 5 heteroatoms. The van der Waals surface area contributed by atoms with Crippen molar-refractivity contribution < 1.29 is 8.78 Å². The van der Waals surface area contributed by atoms with Gasteiger partial charge in [-0.05, 0) is 25.2 Å². The molecule has 1 aromatic rings. The molecule has 0 amide bonds. The van der Waals surface area contributed by atoms with Gasteiger partial charge in [-0.2, -0.15) is 0 Å². The quantitative estimate of drug-likeness (QED) is 0.851. The topological polar surface area (TPSA) is 37.0 Å². The summed E-state index contributed by atoms with van der Waals surface area (Å²) >= 11 is 0. The van der Waals surface area contributed by atoms with E-state index in [0.29, 0.717) is 13.1 Å². The number of hydrogen-bond acceptors (Lipinski definition) is 3. The normalized spacial score (nSPS) is 17.8. The van der Waals surface area contributed by atoms with Crippen molar-refractivity contribution in [2.75, 3.05) is 23.7 Å².